The van der Waals surface area contributed by atoms with Crippen LogP contribution in [0.15, 0.2) is 11.1 Å². The van der Waals surface area contributed by atoms with Crippen LogP contribution in [-0.4, -0.2) is 11.2 Å². The lowest BCUT2D eigenvalue weighted by Crippen LogP contribution is -2.00. The molecule has 0 bridgehead atoms. The summed E-state index contributed by atoms with van der Waals surface area (Å²) in [7, 11) is 0. The maximum atomic E-state index is 9.03. The van der Waals surface area contributed by atoms with Crippen molar-refractivity contribution in [1.29, 1.82) is 0 Å². The highest BCUT2D eigenvalue weighted by Gasteiger charge is 1.99. The molecule has 0 fully saturated rings. The largest absolute Gasteiger partial charge is 0.393 e. The molecule has 0 aromatic rings. The summed E-state index contributed by atoms with van der Waals surface area (Å²) in [5.41, 5.74) is 2.73. The molecule has 0 spiro atoms. The summed E-state index contributed by atoms with van der Waals surface area (Å²) in [6, 6.07) is 0. The van der Waals surface area contributed by atoms with E-state index < -0.39 is 0 Å². The molecule has 1 unspecified atom stereocenters. The third-order valence-corrected chi connectivity index (χ3v) is 1.86. The monoisotopic (exact) mass is 142 g/mol. The van der Waals surface area contributed by atoms with Gasteiger partial charge in [0.2, 0.25) is 0 Å². The zero-order valence-corrected chi connectivity index (χ0v) is 7.44. The van der Waals surface area contributed by atoms with Gasteiger partial charge >= 0.3 is 0 Å². The Balaban J connectivity index is 3.92. The minimum absolute atomic E-state index is 0.193. The van der Waals surface area contributed by atoms with Crippen molar-refractivity contribution in [2.24, 2.45) is 0 Å². The van der Waals surface area contributed by atoms with Crippen LogP contribution < -0.4 is 0 Å². The van der Waals surface area contributed by atoms with Gasteiger partial charge in [-0.05, 0) is 33.6 Å². The van der Waals surface area contributed by atoms with Crippen LogP contribution in [0.25, 0.3) is 0 Å². The van der Waals surface area contributed by atoms with E-state index in [-0.39, 0.29) is 6.10 Å². The standard InChI is InChI=1S/C9H18O/c1-5-7(2)8(3)6-9(4)10/h9-10H,5-6H2,1-4H3/b8-7+. The van der Waals surface area contributed by atoms with Crippen LogP contribution in [-0.2, 0) is 0 Å². The van der Waals surface area contributed by atoms with Crippen LogP contribution in [0.5, 0.6) is 0 Å². The molecule has 1 atom stereocenters. The third-order valence-electron chi connectivity index (χ3n) is 1.86. The van der Waals surface area contributed by atoms with Crippen molar-refractivity contribution in [2.75, 3.05) is 0 Å². The quantitative estimate of drug-likeness (QED) is 0.600. The summed E-state index contributed by atoms with van der Waals surface area (Å²) in [6.07, 6.45) is 1.72. The molecule has 0 aliphatic carbocycles. The van der Waals surface area contributed by atoms with E-state index in [9.17, 15) is 0 Å². The molecule has 0 aromatic heterocycles. The summed E-state index contributed by atoms with van der Waals surface area (Å²) in [5.74, 6) is 0. The third kappa shape index (κ3) is 3.67. The molecular formula is C9H18O. The molecule has 0 heterocycles. The van der Waals surface area contributed by atoms with Gasteiger partial charge in [0.25, 0.3) is 0 Å². The average Bonchev–Trinajstić information content (AvgIpc) is 1.85. The molecule has 0 saturated carbocycles. The van der Waals surface area contributed by atoms with Crippen molar-refractivity contribution < 1.29 is 5.11 Å². The average molecular weight is 142 g/mol. The Hall–Kier alpha value is -0.300. The predicted octanol–water partition coefficient (Wildman–Crippen LogP) is 2.50. The van der Waals surface area contributed by atoms with Gasteiger partial charge in [-0.3, -0.25) is 0 Å². The number of aliphatic hydroxyl groups excluding tert-OH is 1. The fraction of sp³-hybridized carbons (Fsp3) is 0.778. The van der Waals surface area contributed by atoms with Gasteiger partial charge in [-0.1, -0.05) is 18.1 Å². The van der Waals surface area contributed by atoms with Gasteiger partial charge in [-0.25, -0.2) is 0 Å². The van der Waals surface area contributed by atoms with E-state index in [0.717, 1.165) is 12.8 Å². The van der Waals surface area contributed by atoms with E-state index in [2.05, 4.69) is 20.8 Å². The SMILES string of the molecule is CC/C(C)=C(\C)CC(C)O. The lowest BCUT2D eigenvalue weighted by atomic mass is 10.0. The van der Waals surface area contributed by atoms with E-state index in [4.69, 9.17) is 5.11 Å². The fourth-order valence-corrected chi connectivity index (χ4v) is 0.919. The Labute approximate surface area is 63.8 Å². The van der Waals surface area contributed by atoms with E-state index in [1.54, 1.807) is 0 Å². The minimum Gasteiger partial charge on any atom is -0.393 e. The van der Waals surface area contributed by atoms with Crippen LogP contribution in [0, 0.1) is 0 Å². The molecule has 10 heavy (non-hydrogen) atoms. The molecule has 1 N–H and O–H groups in total. The van der Waals surface area contributed by atoms with Crippen LogP contribution in [0.2, 0.25) is 0 Å². The Morgan fingerprint density at radius 2 is 1.80 bits per heavy atom. The first-order valence-corrected chi connectivity index (χ1v) is 3.91. The van der Waals surface area contributed by atoms with Gasteiger partial charge in [-0.15, -0.1) is 0 Å². The van der Waals surface area contributed by atoms with Crippen molar-refractivity contribution >= 4 is 0 Å². The smallest absolute Gasteiger partial charge is 0.0549 e. The zero-order chi connectivity index (χ0) is 8.15. The maximum absolute atomic E-state index is 9.03. The first-order chi connectivity index (χ1) is 4.57. The van der Waals surface area contributed by atoms with Crippen molar-refractivity contribution in [3.8, 4) is 0 Å². The number of allylic oxidation sites excluding steroid dienone is 1. The van der Waals surface area contributed by atoms with Gasteiger partial charge in [0.15, 0.2) is 0 Å². The summed E-state index contributed by atoms with van der Waals surface area (Å²) in [5, 5.41) is 9.03. The molecule has 0 radical (unpaired) electrons. The summed E-state index contributed by atoms with van der Waals surface area (Å²) in [4.78, 5) is 0. The molecule has 0 aromatic carbocycles. The van der Waals surface area contributed by atoms with Gasteiger partial charge in [0, 0.05) is 0 Å². The molecule has 0 aliphatic rings. The second-order valence-electron chi connectivity index (χ2n) is 2.97. The van der Waals surface area contributed by atoms with E-state index in [1.165, 1.54) is 11.1 Å². The molecule has 0 aliphatic heterocycles. The molecule has 1 nitrogen and oxygen atoms in total. The van der Waals surface area contributed by atoms with Crippen molar-refractivity contribution in [3.05, 3.63) is 11.1 Å². The molecule has 60 valence electrons. The molecular weight excluding hydrogens is 124 g/mol. The molecule has 0 amide bonds. The highest BCUT2D eigenvalue weighted by molar-refractivity contribution is 5.09. The van der Waals surface area contributed by atoms with Crippen LogP contribution in [0.4, 0.5) is 0 Å². The predicted molar refractivity (Wildman–Crippen MR) is 45.0 cm³/mol. The Morgan fingerprint density at radius 3 is 2.10 bits per heavy atom. The fourth-order valence-electron chi connectivity index (χ4n) is 0.919. The molecule has 1 heteroatoms. The first-order valence-electron chi connectivity index (χ1n) is 3.91. The number of hydrogen-bond donors (Lipinski definition) is 1. The lowest BCUT2D eigenvalue weighted by Gasteiger charge is -2.07. The second kappa shape index (κ2) is 4.51. The highest BCUT2D eigenvalue weighted by Crippen LogP contribution is 2.12. The van der Waals surface area contributed by atoms with Crippen molar-refractivity contribution in [2.45, 2.75) is 46.6 Å². The zero-order valence-electron chi connectivity index (χ0n) is 7.44. The van der Waals surface area contributed by atoms with Crippen LogP contribution in [0.1, 0.15) is 40.5 Å². The van der Waals surface area contributed by atoms with Gasteiger partial charge in [0.05, 0.1) is 6.10 Å². The number of hydrogen-bond acceptors (Lipinski definition) is 1. The highest BCUT2D eigenvalue weighted by atomic mass is 16.3. The topological polar surface area (TPSA) is 20.2 Å². The Bertz CT molecular complexity index is 123. The Kier molecular flexibility index (Phi) is 4.37. The van der Waals surface area contributed by atoms with Crippen LogP contribution >= 0.6 is 0 Å². The summed E-state index contributed by atoms with van der Waals surface area (Å²) < 4.78 is 0. The summed E-state index contributed by atoms with van der Waals surface area (Å²) in [6.45, 7) is 8.18. The summed E-state index contributed by atoms with van der Waals surface area (Å²) >= 11 is 0. The maximum Gasteiger partial charge on any atom is 0.0549 e. The normalized spacial score (nSPS) is 16.5. The van der Waals surface area contributed by atoms with Gasteiger partial charge < -0.3 is 5.11 Å². The number of rotatable bonds is 3. The second-order valence-corrected chi connectivity index (χ2v) is 2.97. The first kappa shape index (κ1) is 9.70. The van der Waals surface area contributed by atoms with E-state index in [0.29, 0.717) is 0 Å². The minimum atomic E-state index is -0.193. The van der Waals surface area contributed by atoms with Gasteiger partial charge in [-0.2, -0.15) is 0 Å². The van der Waals surface area contributed by atoms with Gasteiger partial charge in [0.1, 0.15) is 0 Å². The van der Waals surface area contributed by atoms with Crippen molar-refractivity contribution in [1.82, 2.24) is 0 Å². The number of aliphatic hydroxyl groups is 1. The van der Waals surface area contributed by atoms with Crippen molar-refractivity contribution in [3.63, 3.8) is 0 Å². The molecule has 0 saturated heterocycles. The Morgan fingerprint density at radius 1 is 1.30 bits per heavy atom. The molecule has 0 rings (SSSR count). The van der Waals surface area contributed by atoms with E-state index >= 15 is 0 Å². The van der Waals surface area contributed by atoms with E-state index in [1.807, 2.05) is 6.92 Å². The lowest BCUT2D eigenvalue weighted by molar-refractivity contribution is 0.195. The van der Waals surface area contributed by atoms with Crippen LogP contribution in [0.3, 0.4) is 0 Å².